The molecule has 1 aliphatic heterocycles. The largest absolute Gasteiger partial charge is 0.317 e. The van der Waals surface area contributed by atoms with Gasteiger partial charge in [-0.3, -0.25) is 0 Å². The highest BCUT2D eigenvalue weighted by Crippen LogP contribution is 2.64. The van der Waals surface area contributed by atoms with E-state index in [4.69, 9.17) is 0 Å². The summed E-state index contributed by atoms with van der Waals surface area (Å²) in [6.45, 7) is 2.59. The van der Waals surface area contributed by atoms with Gasteiger partial charge >= 0.3 is 0 Å². The minimum atomic E-state index is 0.847. The van der Waals surface area contributed by atoms with Crippen molar-refractivity contribution in [1.29, 1.82) is 0 Å². The lowest BCUT2D eigenvalue weighted by molar-refractivity contribution is 0.283. The quantitative estimate of drug-likeness (QED) is 0.652. The first kappa shape index (κ1) is 8.28. The molecule has 0 aromatic heterocycles. The van der Waals surface area contributed by atoms with Crippen LogP contribution in [0, 0.1) is 17.3 Å². The van der Waals surface area contributed by atoms with Gasteiger partial charge in [0.25, 0.3) is 0 Å². The van der Waals surface area contributed by atoms with Crippen LogP contribution in [0.15, 0.2) is 0 Å². The van der Waals surface area contributed by atoms with Gasteiger partial charge in [-0.15, -0.1) is 0 Å². The maximum absolute atomic E-state index is 3.49. The van der Waals surface area contributed by atoms with E-state index in [9.17, 15) is 0 Å². The Morgan fingerprint density at radius 1 is 1.00 bits per heavy atom. The van der Waals surface area contributed by atoms with Crippen LogP contribution in [0.4, 0.5) is 0 Å². The molecule has 13 heavy (non-hydrogen) atoms. The molecule has 3 fully saturated rings. The van der Waals surface area contributed by atoms with E-state index in [-0.39, 0.29) is 0 Å². The molecule has 3 rings (SSSR count). The van der Waals surface area contributed by atoms with Gasteiger partial charge in [-0.25, -0.2) is 0 Å². The topological polar surface area (TPSA) is 12.0 Å². The first-order valence-corrected chi connectivity index (χ1v) is 6.11. The first-order chi connectivity index (χ1) is 6.41. The van der Waals surface area contributed by atoms with Crippen molar-refractivity contribution < 1.29 is 0 Å². The van der Waals surface area contributed by atoms with E-state index in [0.717, 1.165) is 17.3 Å². The van der Waals surface area contributed by atoms with Crippen LogP contribution in [0.25, 0.3) is 0 Å². The summed E-state index contributed by atoms with van der Waals surface area (Å²) in [4.78, 5) is 0. The average Bonchev–Trinajstić information content (AvgIpc) is 2.68. The summed E-state index contributed by atoms with van der Waals surface area (Å²) in [6, 6.07) is 0. The predicted octanol–water partition coefficient (Wildman–Crippen LogP) is 2.57. The molecule has 1 heterocycles. The monoisotopic (exact) mass is 179 g/mol. The summed E-state index contributed by atoms with van der Waals surface area (Å²) in [5.74, 6) is 2.29. The van der Waals surface area contributed by atoms with Gasteiger partial charge in [-0.1, -0.05) is 25.7 Å². The Kier molecular flexibility index (Phi) is 1.90. The molecule has 1 spiro atoms. The molecular weight excluding hydrogens is 158 g/mol. The van der Waals surface area contributed by atoms with Crippen LogP contribution < -0.4 is 5.32 Å². The number of hydrogen-bond donors (Lipinski definition) is 1. The van der Waals surface area contributed by atoms with Crippen molar-refractivity contribution in [2.24, 2.45) is 17.3 Å². The molecule has 74 valence electrons. The zero-order valence-corrected chi connectivity index (χ0v) is 8.52. The van der Waals surface area contributed by atoms with Crippen molar-refractivity contribution in [1.82, 2.24) is 5.32 Å². The third-order valence-electron chi connectivity index (χ3n) is 4.82. The van der Waals surface area contributed by atoms with Crippen LogP contribution in [0.3, 0.4) is 0 Å². The van der Waals surface area contributed by atoms with Gasteiger partial charge in [-0.05, 0) is 49.6 Å². The number of rotatable bonds is 1. The van der Waals surface area contributed by atoms with Crippen LogP contribution in [-0.4, -0.2) is 13.1 Å². The van der Waals surface area contributed by atoms with Gasteiger partial charge < -0.3 is 5.32 Å². The highest BCUT2D eigenvalue weighted by molar-refractivity contribution is 5.07. The molecule has 1 atom stereocenters. The second-order valence-corrected chi connectivity index (χ2v) is 5.47. The fourth-order valence-electron chi connectivity index (χ4n) is 3.91. The molecule has 1 saturated heterocycles. The van der Waals surface area contributed by atoms with Gasteiger partial charge in [-0.2, -0.15) is 0 Å². The molecule has 1 nitrogen and oxygen atoms in total. The minimum absolute atomic E-state index is 0.847. The summed E-state index contributed by atoms with van der Waals surface area (Å²) >= 11 is 0. The lowest BCUT2D eigenvalue weighted by Gasteiger charge is -2.25. The Morgan fingerprint density at radius 2 is 1.69 bits per heavy atom. The summed E-state index contributed by atoms with van der Waals surface area (Å²) in [7, 11) is 0. The number of nitrogens with one attached hydrogen (secondary N) is 1. The molecule has 0 amide bonds. The van der Waals surface area contributed by atoms with Crippen LogP contribution >= 0.6 is 0 Å². The van der Waals surface area contributed by atoms with Crippen LogP contribution in [-0.2, 0) is 0 Å². The standard InChI is InChI=1S/C12H21N/c1-2-4-10(3-1)11-9-12(11)5-7-13-8-6-12/h10-11,13H,1-9H2. The Labute approximate surface area is 81.3 Å². The Hall–Kier alpha value is -0.0400. The molecular formula is C12H21N. The van der Waals surface area contributed by atoms with Gasteiger partial charge in [0.15, 0.2) is 0 Å². The lowest BCUT2D eigenvalue weighted by atomic mass is 9.86. The average molecular weight is 179 g/mol. The Balaban J connectivity index is 1.63. The Bertz CT molecular complexity index is 187. The van der Waals surface area contributed by atoms with Crippen molar-refractivity contribution in [2.75, 3.05) is 13.1 Å². The van der Waals surface area contributed by atoms with Gasteiger partial charge in [0.2, 0.25) is 0 Å². The van der Waals surface area contributed by atoms with Crippen molar-refractivity contribution in [3.05, 3.63) is 0 Å². The van der Waals surface area contributed by atoms with Crippen molar-refractivity contribution >= 4 is 0 Å². The van der Waals surface area contributed by atoms with Crippen LogP contribution in [0.2, 0.25) is 0 Å². The van der Waals surface area contributed by atoms with Crippen LogP contribution in [0.1, 0.15) is 44.9 Å². The highest BCUT2D eigenvalue weighted by Gasteiger charge is 2.56. The third kappa shape index (κ3) is 1.32. The maximum Gasteiger partial charge on any atom is -0.00435 e. The Morgan fingerprint density at radius 3 is 2.38 bits per heavy atom. The molecule has 0 aromatic rings. The third-order valence-corrected chi connectivity index (χ3v) is 4.82. The molecule has 0 aromatic carbocycles. The molecule has 1 N–H and O–H groups in total. The molecule has 2 aliphatic carbocycles. The summed E-state index contributed by atoms with van der Waals surface area (Å²) in [5.41, 5.74) is 0.847. The van der Waals surface area contributed by atoms with E-state index in [1.165, 1.54) is 38.8 Å². The lowest BCUT2D eigenvalue weighted by Crippen LogP contribution is -2.30. The zero-order chi connectivity index (χ0) is 8.73. The maximum atomic E-state index is 3.49. The smallest absolute Gasteiger partial charge is 0.00435 e. The fourth-order valence-corrected chi connectivity index (χ4v) is 3.91. The molecule has 0 radical (unpaired) electrons. The number of hydrogen-bond acceptors (Lipinski definition) is 1. The van der Waals surface area contributed by atoms with Gasteiger partial charge in [0, 0.05) is 0 Å². The molecule has 2 saturated carbocycles. The normalized spacial score (nSPS) is 38.3. The second kappa shape index (κ2) is 2.98. The van der Waals surface area contributed by atoms with Crippen molar-refractivity contribution in [2.45, 2.75) is 44.9 Å². The number of piperidine rings is 1. The molecule has 1 unspecified atom stereocenters. The van der Waals surface area contributed by atoms with E-state index in [1.54, 1.807) is 19.3 Å². The first-order valence-electron chi connectivity index (χ1n) is 6.11. The van der Waals surface area contributed by atoms with E-state index < -0.39 is 0 Å². The van der Waals surface area contributed by atoms with Crippen molar-refractivity contribution in [3.8, 4) is 0 Å². The van der Waals surface area contributed by atoms with E-state index in [0.29, 0.717) is 0 Å². The summed E-state index contributed by atoms with van der Waals surface area (Å²) in [5, 5.41) is 3.49. The molecule has 0 bridgehead atoms. The van der Waals surface area contributed by atoms with E-state index in [2.05, 4.69) is 5.32 Å². The fraction of sp³-hybridized carbons (Fsp3) is 1.00. The van der Waals surface area contributed by atoms with Crippen LogP contribution in [0.5, 0.6) is 0 Å². The van der Waals surface area contributed by atoms with E-state index in [1.807, 2.05) is 0 Å². The van der Waals surface area contributed by atoms with E-state index >= 15 is 0 Å². The molecule has 3 aliphatic rings. The zero-order valence-electron chi connectivity index (χ0n) is 8.52. The van der Waals surface area contributed by atoms with Gasteiger partial charge in [0.1, 0.15) is 0 Å². The SMILES string of the molecule is C1CCC(C2CC23CCNCC3)C1. The highest BCUT2D eigenvalue weighted by atomic mass is 14.9. The predicted molar refractivity (Wildman–Crippen MR) is 54.6 cm³/mol. The van der Waals surface area contributed by atoms with Crippen molar-refractivity contribution in [3.63, 3.8) is 0 Å². The summed E-state index contributed by atoms with van der Waals surface area (Å²) in [6.07, 6.45) is 10.7. The second-order valence-electron chi connectivity index (χ2n) is 5.47. The summed E-state index contributed by atoms with van der Waals surface area (Å²) < 4.78 is 0. The van der Waals surface area contributed by atoms with Gasteiger partial charge in [0.05, 0.1) is 0 Å². The minimum Gasteiger partial charge on any atom is -0.317 e. The molecule has 1 heteroatoms.